The predicted octanol–water partition coefficient (Wildman–Crippen LogP) is 4.01. The zero-order valence-corrected chi connectivity index (χ0v) is 16.5. The van der Waals surface area contributed by atoms with E-state index < -0.39 is 10.0 Å². The van der Waals surface area contributed by atoms with Crippen molar-refractivity contribution < 1.29 is 8.42 Å². The Balaban J connectivity index is 1.60. The summed E-state index contributed by atoms with van der Waals surface area (Å²) in [7, 11) is -3.69. The summed E-state index contributed by atoms with van der Waals surface area (Å²) in [6.07, 6.45) is 4.18. The number of hydrogen-bond donors (Lipinski definition) is 0. The molecule has 1 heterocycles. The molecule has 1 fully saturated rings. The van der Waals surface area contributed by atoms with Crippen LogP contribution in [0.2, 0.25) is 10.0 Å². The van der Waals surface area contributed by atoms with Crippen LogP contribution >= 0.6 is 23.2 Å². The van der Waals surface area contributed by atoms with Crippen molar-refractivity contribution in [3.8, 4) is 0 Å². The molecule has 0 aromatic heterocycles. The van der Waals surface area contributed by atoms with Crippen LogP contribution in [0.15, 0.2) is 59.5 Å². The maximum Gasteiger partial charge on any atom is 0.246 e. The molecule has 2 aromatic rings. The highest BCUT2D eigenvalue weighted by molar-refractivity contribution is 7.89. The lowest BCUT2D eigenvalue weighted by Crippen LogP contribution is -2.48. The summed E-state index contributed by atoms with van der Waals surface area (Å²) >= 11 is 12.2. The third-order valence-electron chi connectivity index (χ3n) is 4.32. The van der Waals surface area contributed by atoms with E-state index in [1.165, 1.54) is 4.31 Å². The summed E-state index contributed by atoms with van der Waals surface area (Å²) < 4.78 is 27.2. The highest BCUT2D eigenvalue weighted by Gasteiger charge is 2.31. The van der Waals surface area contributed by atoms with Crippen LogP contribution in [-0.2, 0) is 10.0 Å². The number of hydrogen-bond acceptors (Lipinski definition) is 3. The van der Waals surface area contributed by atoms with Crippen LogP contribution in [0.25, 0.3) is 6.08 Å². The Hall–Kier alpha value is -1.37. The zero-order chi connectivity index (χ0) is 18.6. The molecule has 2 aromatic carbocycles. The maximum atomic E-state index is 12.9. The number of piperazine rings is 1. The van der Waals surface area contributed by atoms with Crippen molar-refractivity contribution >= 4 is 39.3 Å². The molecule has 0 N–H and O–H groups in total. The van der Waals surface area contributed by atoms with Gasteiger partial charge in [0.15, 0.2) is 0 Å². The fourth-order valence-corrected chi connectivity index (χ4v) is 5.43. The van der Waals surface area contributed by atoms with Crippen molar-refractivity contribution in [3.63, 3.8) is 0 Å². The largest absolute Gasteiger partial charge is 0.297 e. The Morgan fingerprint density at radius 2 is 1.50 bits per heavy atom. The minimum atomic E-state index is -3.69. The lowest BCUT2D eigenvalue weighted by molar-refractivity contribution is 0.204. The zero-order valence-electron chi connectivity index (χ0n) is 14.2. The monoisotopic (exact) mass is 410 g/mol. The van der Waals surface area contributed by atoms with Crippen LogP contribution in [0.4, 0.5) is 0 Å². The van der Waals surface area contributed by atoms with E-state index in [0.717, 1.165) is 12.1 Å². The summed E-state index contributed by atoms with van der Waals surface area (Å²) in [4.78, 5) is 2.22. The standard InChI is InChI=1S/C19H20Cl2N2O2S/c20-17-9-4-10-18(21)19(17)26(24,25)23-14-12-22(13-15-23)11-5-8-16-6-2-1-3-7-16/h1-10H,11-15H2/b8-5+. The van der Waals surface area contributed by atoms with Crippen LogP contribution in [0.5, 0.6) is 0 Å². The van der Waals surface area contributed by atoms with Gasteiger partial charge in [-0.1, -0.05) is 71.8 Å². The van der Waals surface area contributed by atoms with Gasteiger partial charge in [-0.05, 0) is 17.7 Å². The van der Waals surface area contributed by atoms with Crippen LogP contribution in [0.1, 0.15) is 5.56 Å². The predicted molar refractivity (Wildman–Crippen MR) is 107 cm³/mol. The van der Waals surface area contributed by atoms with Gasteiger partial charge in [0.05, 0.1) is 10.0 Å². The molecule has 0 amide bonds. The van der Waals surface area contributed by atoms with Gasteiger partial charge < -0.3 is 0 Å². The van der Waals surface area contributed by atoms with Crippen molar-refractivity contribution in [3.05, 3.63) is 70.2 Å². The van der Waals surface area contributed by atoms with E-state index >= 15 is 0 Å². The van der Waals surface area contributed by atoms with Crippen LogP contribution in [0.3, 0.4) is 0 Å². The molecule has 7 heteroatoms. The molecule has 1 saturated heterocycles. The minimum absolute atomic E-state index is 0.000701. The third-order valence-corrected chi connectivity index (χ3v) is 7.18. The van der Waals surface area contributed by atoms with Crippen LogP contribution in [-0.4, -0.2) is 50.3 Å². The van der Waals surface area contributed by atoms with Gasteiger partial charge in [0.2, 0.25) is 10.0 Å². The Bertz CT molecular complexity index is 857. The molecule has 0 atom stereocenters. The van der Waals surface area contributed by atoms with Crippen LogP contribution < -0.4 is 0 Å². The molecule has 0 spiro atoms. The lowest BCUT2D eigenvalue weighted by atomic mass is 10.2. The second kappa shape index (κ2) is 8.55. The number of sulfonamides is 1. The molecule has 1 aliphatic rings. The van der Waals surface area contributed by atoms with E-state index in [1.54, 1.807) is 18.2 Å². The Labute approximate surface area is 164 Å². The smallest absolute Gasteiger partial charge is 0.246 e. The first-order chi connectivity index (χ1) is 12.5. The maximum absolute atomic E-state index is 12.9. The normalized spacial score (nSPS) is 17.0. The highest BCUT2D eigenvalue weighted by atomic mass is 35.5. The van der Waals surface area contributed by atoms with E-state index in [2.05, 4.69) is 17.1 Å². The summed E-state index contributed by atoms with van der Waals surface area (Å²) in [6.45, 7) is 2.96. The molecule has 0 saturated carbocycles. The first-order valence-corrected chi connectivity index (χ1v) is 10.6. The van der Waals surface area contributed by atoms with Crippen molar-refractivity contribution in [1.29, 1.82) is 0 Å². The second-order valence-electron chi connectivity index (χ2n) is 6.07. The molecule has 0 aliphatic carbocycles. The Morgan fingerprint density at radius 1 is 0.885 bits per heavy atom. The Morgan fingerprint density at radius 3 is 2.12 bits per heavy atom. The average Bonchev–Trinajstić information content (AvgIpc) is 2.63. The van der Waals surface area contributed by atoms with E-state index in [1.807, 2.05) is 30.3 Å². The molecular weight excluding hydrogens is 391 g/mol. The van der Waals surface area contributed by atoms with E-state index in [-0.39, 0.29) is 14.9 Å². The van der Waals surface area contributed by atoms with Crippen molar-refractivity contribution in [2.75, 3.05) is 32.7 Å². The van der Waals surface area contributed by atoms with Gasteiger partial charge in [0.25, 0.3) is 0 Å². The lowest BCUT2D eigenvalue weighted by Gasteiger charge is -2.33. The molecule has 26 heavy (non-hydrogen) atoms. The highest BCUT2D eigenvalue weighted by Crippen LogP contribution is 2.31. The number of rotatable bonds is 5. The fraction of sp³-hybridized carbons (Fsp3) is 0.263. The van der Waals surface area contributed by atoms with Crippen LogP contribution in [0, 0.1) is 0 Å². The van der Waals surface area contributed by atoms with Gasteiger partial charge in [0, 0.05) is 32.7 Å². The summed E-state index contributed by atoms with van der Waals surface area (Å²) in [5.74, 6) is 0. The quantitative estimate of drug-likeness (QED) is 0.747. The molecule has 0 radical (unpaired) electrons. The number of benzene rings is 2. The van der Waals surface area contributed by atoms with Gasteiger partial charge in [0.1, 0.15) is 4.90 Å². The van der Waals surface area contributed by atoms with E-state index in [9.17, 15) is 8.42 Å². The molecular formula is C19H20Cl2N2O2S. The second-order valence-corrected chi connectivity index (χ2v) is 8.76. The SMILES string of the molecule is O=S(=O)(c1c(Cl)cccc1Cl)N1CCN(C/C=C/c2ccccc2)CC1. The third kappa shape index (κ3) is 4.48. The van der Waals surface area contributed by atoms with E-state index in [4.69, 9.17) is 23.2 Å². The molecule has 0 bridgehead atoms. The molecule has 0 unspecified atom stereocenters. The topological polar surface area (TPSA) is 40.6 Å². The molecule has 3 rings (SSSR count). The molecule has 138 valence electrons. The van der Waals surface area contributed by atoms with Gasteiger partial charge in [-0.25, -0.2) is 8.42 Å². The van der Waals surface area contributed by atoms with Gasteiger partial charge in [-0.2, -0.15) is 4.31 Å². The minimum Gasteiger partial charge on any atom is -0.297 e. The van der Waals surface area contributed by atoms with Crippen molar-refractivity contribution in [2.45, 2.75) is 4.90 Å². The Kier molecular flexibility index (Phi) is 6.37. The molecule has 4 nitrogen and oxygen atoms in total. The van der Waals surface area contributed by atoms with Gasteiger partial charge >= 0.3 is 0 Å². The van der Waals surface area contributed by atoms with Crippen molar-refractivity contribution in [1.82, 2.24) is 9.21 Å². The number of nitrogens with zero attached hydrogens (tertiary/aromatic N) is 2. The number of halogens is 2. The first kappa shape index (κ1) is 19.4. The first-order valence-electron chi connectivity index (χ1n) is 8.36. The summed E-state index contributed by atoms with van der Waals surface area (Å²) in [5.41, 5.74) is 1.15. The summed E-state index contributed by atoms with van der Waals surface area (Å²) in [5, 5.41) is 0.316. The summed E-state index contributed by atoms with van der Waals surface area (Å²) in [6, 6.07) is 14.8. The average molecular weight is 411 g/mol. The molecule has 1 aliphatic heterocycles. The van der Waals surface area contributed by atoms with Gasteiger partial charge in [-0.15, -0.1) is 0 Å². The van der Waals surface area contributed by atoms with Gasteiger partial charge in [-0.3, -0.25) is 4.90 Å². The van der Waals surface area contributed by atoms with Crippen molar-refractivity contribution in [2.24, 2.45) is 0 Å². The fourth-order valence-electron chi connectivity index (χ4n) is 2.91. The van der Waals surface area contributed by atoms with E-state index in [0.29, 0.717) is 26.2 Å².